The summed E-state index contributed by atoms with van der Waals surface area (Å²) in [7, 11) is 3.80. The van der Waals surface area contributed by atoms with Gasteiger partial charge in [-0.3, -0.25) is 0 Å². The number of rotatable bonds is 6. The van der Waals surface area contributed by atoms with Crippen molar-refractivity contribution in [3.63, 3.8) is 0 Å². The molecular weight excluding hydrogens is 212 g/mol. The Morgan fingerprint density at radius 2 is 1.94 bits per heavy atom. The number of ether oxygens (including phenoxy) is 1. The minimum atomic E-state index is 0.0877. The van der Waals surface area contributed by atoms with Gasteiger partial charge in [0.05, 0.1) is 12.8 Å². The van der Waals surface area contributed by atoms with E-state index in [1.807, 2.05) is 18.2 Å². The fraction of sp³-hybridized carbons (Fsp3) is 0.571. The molecule has 0 aromatic heterocycles. The molecule has 0 aliphatic rings. The Morgan fingerprint density at radius 1 is 1.29 bits per heavy atom. The molecule has 0 unspecified atom stereocenters. The van der Waals surface area contributed by atoms with Gasteiger partial charge in [-0.2, -0.15) is 0 Å². The van der Waals surface area contributed by atoms with E-state index in [9.17, 15) is 0 Å². The van der Waals surface area contributed by atoms with E-state index in [4.69, 9.17) is 4.74 Å². The fourth-order valence-corrected chi connectivity index (χ4v) is 2.16. The maximum absolute atomic E-state index is 5.38. The molecular formula is C14H24N2O. The van der Waals surface area contributed by atoms with E-state index in [2.05, 4.69) is 44.1 Å². The molecule has 3 nitrogen and oxygen atoms in total. The molecule has 17 heavy (non-hydrogen) atoms. The molecule has 0 fully saturated rings. The lowest BCUT2D eigenvalue weighted by atomic mass is 10.0. The third kappa shape index (κ3) is 3.93. The molecule has 1 rings (SSSR count). The highest BCUT2D eigenvalue weighted by Crippen LogP contribution is 2.27. The average Bonchev–Trinajstić information content (AvgIpc) is 2.28. The number of para-hydroxylation sites is 2. The molecule has 0 bridgehead atoms. The third-order valence-electron chi connectivity index (χ3n) is 2.78. The number of nitrogens with zero attached hydrogens (tertiary/aromatic N) is 1. The first-order valence-electron chi connectivity index (χ1n) is 6.09. The Morgan fingerprint density at radius 3 is 2.53 bits per heavy atom. The van der Waals surface area contributed by atoms with Crippen molar-refractivity contribution in [3.05, 3.63) is 24.3 Å². The number of benzene rings is 1. The number of methoxy groups -OCH3 is 1. The summed E-state index contributed by atoms with van der Waals surface area (Å²) in [5, 5.41) is 3.48. The van der Waals surface area contributed by atoms with Crippen LogP contribution in [0.4, 0.5) is 5.69 Å². The predicted molar refractivity (Wildman–Crippen MR) is 74.0 cm³/mol. The summed E-state index contributed by atoms with van der Waals surface area (Å²) in [5.74, 6) is 0.919. The van der Waals surface area contributed by atoms with Crippen molar-refractivity contribution < 1.29 is 4.74 Å². The summed E-state index contributed by atoms with van der Waals surface area (Å²) in [6.07, 6.45) is 0. The Hall–Kier alpha value is -1.22. The summed E-state index contributed by atoms with van der Waals surface area (Å²) < 4.78 is 5.38. The molecule has 0 aliphatic carbocycles. The maximum atomic E-state index is 5.38. The zero-order valence-electron chi connectivity index (χ0n) is 11.6. The van der Waals surface area contributed by atoms with Crippen LogP contribution in [0.15, 0.2) is 24.3 Å². The molecule has 0 heterocycles. The molecule has 0 radical (unpaired) electrons. The third-order valence-corrected chi connectivity index (χ3v) is 2.78. The van der Waals surface area contributed by atoms with E-state index in [0.717, 1.165) is 24.5 Å². The summed E-state index contributed by atoms with van der Waals surface area (Å²) >= 11 is 0. The number of hydrogen-bond donors (Lipinski definition) is 1. The van der Waals surface area contributed by atoms with E-state index >= 15 is 0 Å². The SMILES string of the molecule is CCNC(C)(C)CN(C)c1ccccc1OC. The van der Waals surface area contributed by atoms with Crippen molar-refractivity contribution in [1.82, 2.24) is 5.32 Å². The highest BCUT2D eigenvalue weighted by molar-refractivity contribution is 5.58. The number of hydrogen-bond acceptors (Lipinski definition) is 3. The molecule has 0 saturated carbocycles. The highest BCUT2D eigenvalue weighted by atomic mass is 16.5. The van der Waals surface area contributed by atoms with Crippen LogP contribution in [0.1, 0.15) is 20.8 Å². The zero-order valence-corrected chi connectivity index (χ0v) is 11.6. The van der Waals surface area contributed by atoms with Crippen LogP contribution in [0.3, 0.4) is 0 Å². The predicted octanol–water partition coefficient (Wildman–Crippen LogP) is 2.52. The molecule has 0 atom stereocenters. The van der Waals surface area contributed by atoms with Gasteiger partial charge in [-0.05, 0) is 32.5 Å². The first kappa shape index (κ1) is 13.8. The van der Waals surface area contributed by atoms with Gasteiger partial charge in [-0.25, -0.2) is 0 Å². The molecule has 1 aromatic carbocycles. The second kappa shape index (κ2) is 5.92. The Bertz CT molecular complexity index is 350. The monoisotopic (exact) mass is 236 g/mol. The van der Waals surface area contributed by atoms with Crippen LogP contribution < -0.4 is 15.0 Å². The first-order valence-corrected chi connectivity index (χ1v) is 6.09. The Labute approximate surface area is 105 Å². The smallest absolute Gasteiger partial charge is 0.142 e. The van der Waals surface area contributed by atoms with Crippen LogP contribution in [0.2, 0.25) is 0 Å². The lowest BCUT2D eigenvalue weighted by Crippen LogP contribution is -2.48. The van der Waals surface area contributed by atoms with Gasteiger partial charge in [0.2, 0.25) is 0 Å². The number of nitrogens with one attached hydrogen (secondary N) is 1. The van der Waals surface area contributed by atoms with Gasteiger partial charge in [0.1, 0.15) is 5.75 Å². The second-order valence-corrected chi connectivity index (χ2v) is 4.94. The van der Waals surface area contributed by atoms with Crippen LogP contribution in [0, 0.1) is 0 Å². The molecule has 0 aliphatic heterocycles. The summed E-state index contributed by atoms with van der Waals surface area (Å²) in [6.45, 7) is 8.46. The number of anilines is 1. The largest absolute Gasteiger partial charge is 0.495 e. The molecule has 1 aromatic rings. The van der Waals surface area contributed by atoms with E-state index in [0.29, 0.717) is 0 Å². The van der Waals surface area contributed by atoms with Crippen molar-refractivity contribution in [2.75, 3.05) is 32.1 Å². The van der Waals surface area contributed by atoms with Gasteiger partial charge in [0.25, 0.3) is 0 Å². The molecule has 0 amide bonds. The molecule has 0 saturated heterocycles. The van der Waals surface area contributed by atoms with Gasteiger partial charge in [-0.1, -0.05) is 19.1 Å². The van der Waals surface area contributed by atoms with Crippen LogP contribution in [0.25, 0.3) is 0 Å². The maximum Gasteiger partial charge on any atom is 0.142 e. The zero-order chi connectivity index (χ0) is 12.9. The fourth-order valence-electron chi connectivity index (χ4n) is 2.16. The van der Waals surface area contributed by atoms with E-state index in [1.165, 1.54) is 0 Å². The lowest BCUT2D eigenvalue weighted by Gasteiger charge is -2.33. The topological polar surface area (TPSA) is 24.5 Å². The number of likely N-dealkylation sites (N-methyl/N-ethyl adjacent to an activating group) is 2. The van der Waals surface area contributed by atoms with Crippen LogP contribution in [0.5, 0.6) is 5.75 Å². The van der Waals surface area contributed by atoms with E-state index in [-0.39, 0.29) is 5.54 Å². The molecule has 0 spiro atoms. The summed E-state index contributed by atoms with van der Waals surface area (Å²) in [5.41, 5.74) is 1.21. The van der Waals surface area contributed by atoms with Crippen LogP contribution >= 0.6 is 0 Å². The molecule has 1 N–H and O–H groups in total. The molecule has 96 valence electrons. The van der Waals surface area contributed by atoms with Gasteiger partial charge in [0.15, 0.2) is 0 Å². The normalized spacial score (nSPS) is 11.4. The van der Waals surface area contributed by atoms with E-state index < -0.39 is 0 Å². The van der Waals surface area contributed by atoms with Gasteiger partial charge in [-0.15, -0.1) is 0 Å². The Kier molecular flexibility index (Phi) is 4.82. The van der Waals surface area contributed by atoms with Gasteiger partial charge in [0, 0.05) is 19.1 Å². The minimum absolute atomic E-state index is 0.0877. The minimum Gasteiger partial charge on any atom is -0.495 e. The summed E-state index contributed by atoms with van der Waals surface area (Å²) in [4.78, 5) is 2.22. The van der Waals surface area contributed by atoms with Crippen molar-refractivity contribution in [2.24, 2.45) is 0 Å². The quantitative estimate of drug-likeness (QED) is 0.821. The van der Waals surface area contributed by atoms with Crippen molar-refractivity contribution in [3.8, 4) is 5.75 Å². The van der Waals surface area contributed by atoms with E-state index in [1.54, 1.807) is 7.11 Å². The summed E-state index contributed by atoms with van der Waals surface area (Å²) in [6, 6.07) is 8.10. The van der Waals surface area contributed by atoms with Crippen LogP contribution in [-0.4, -0.2) is 32.8 Å². The van der Waals surface area contributed by atoms with Gasteiger partial charge >= 0.3 is 0 Å². The van der Waals surface area contributed by atoms with Crippen LogP contribution in [-0.2, 0) is 0 Å². The average molecular weight is 236 g/mol. The first-order chi connectivity index (χ1) is 8.00. The highest BCUT2D eigenvalue weighted by Gasteiger charge is 2.19. The Balaban J connectivity index is 2.79. The molecule has 3 heteroatoms. The van der Waals surface area contributed by atoms with Crippen molar-refractivity contribution in [1.29, 1.82) is 0 Å². The van der Waals surface area contributed by atoms with Crippen molar-refractivity contribution in [2.45, 2.75) is 26.3 Å². The second-order valence-electron chi connectivity index (χ2n) is 4.94. The van der Waals surface area contributed by atoms with Gasteiger partial charge < -0.3 is 15.0 Å². The van der Waals surface area contributed by atoms with Crippen molar-refractivity contribution >= 4 is 5.69 Å². The standard InChI is InChI=1S/C14H24N2O/c1-6-15-14(2,3)11-16(4)12-9-7-8-10-13(12)17-5/h7-10,15H,6,11H2,1-5H3. The lowest BCUT2D eigenvalue weighted by molar-refractivity contribution is 0.394.